The van der Waals surface area contributed by atoms with Crippen LogP contribution < -0.4 is 10.6 Å². The summed E-state index contributed by atoms with van der Waals surface area (Å²) in [4.78, 5) is 1.60. The van der Waals surface area contributed by atoms with Crippen molar-refractivity contribution in [3.05, 3.63) is 29.6 Å². The zero-order chi connectivity index (χ0) is 14.6. The zero-order valence-corrected chi connectivity index (χ0v) is 12.4. The third kappa shape index (κ3) is 5.57. The molecule has 0 bridgehead atoms. The van der Waals surface area contributed by atoms with Crippen LogP contribution in [0.4, 0.5) is 10.1 Å². The molecule has 2 N–H and O–H groups in total. The second-order valence-electron chi connectivity index (χ2n) is 5.02. The Hall–Kier alpha value is -1.14. The van der Waals surface area contributed by atoms with E-state index in [1.807, 2.05) is 13.0 Å². The molecule has 6 heteroatoms. The molecule has 0 saturated heterocycles. The number of nitrogens with two attached hydrogens (primary N) is 1. The van der Waals surface area contributed by atoms with Gasteiger partial charge in [0.2, 0.25) is 0 Å². The lowest BCUT2D eigenvalue weighted by Gasteiger charge is -2.20. The summed E-state index contributed by atoms with van der Waals surface area (Å²) in [6, 6.07) is 4.91. The van der Waals surface area contributed by atoms with Crippen LogP contribution in [0.1, 0.15) is 12.5 Å². The molecule has 4 nitrogen and oxygen atoms in total. The maximum Gasteiger partial charge on any atom is 0.149 e. The van der Waals surface area contributed by atoms with Gasteiger partial charge in [-0.05, 0) is 31.0 Å². The molecule has 1 aromatic carbocycles. The van der Waals surface area contributed by atoms with Crippen LogP contribution in [-0.4, -0.2) is 40.1 Å². The predicted molar refractivity (Wildman–Crippen MR) is 76.7 cm³/mol. The molecule has 1 unspecified atom stereocenters. The van der Waals surface area contributed by atoms with E-state index in [0.29, 0.717) is 12.1 Å². The van der Waals surface area contributed by atoms with Crippen molar-refractivity contribution in [2.24, 2.45) is 5.73 Å². The first kappa shape index (κ1) is 15.9. The third-order valence-electron chi connectivity index (χ3n) is 2.78. The van der Waals surface area contributed by atoms with Gasteiger partial charge in [0.25, 0.3) is 0 Å². The van der Waals surface area contributed by atoms with Crippen LogP contribution in [0.15, 0.2) is 18.2 Å². The first-order valence-corrected chi connectivity index (χ1v) is 8.18. The molecule has 0 aliphatic carbocycles. The molecule has 0 aliphatic heterocycles. The van der Waals surface area contributed by atoms with Gasteiger partial charge in [0.15, 0.2) is 0 Å². The Kier molecular flexibility index (Phi) is 5.31. The minimum absolute atomic E-state index is 0.00449. The molecular weight excluding hydrogens is 267 g/mol. The van der Waals surface area contributed by atoms with Crippen molar-refractivity contribution >= 4 is 15.5 Å². The summed E-state index contributed by atoms with van der Waals surface area (Å²) >= 11 is 0. The average Bonchev–Trinajstić information content (AvgIpc) is 2.24. The van der Waals surface area contributed by atoms with Crippen LogP contribution in [0.5, 0.6) is 0 Å². The summed E-state index contributed by atoms with van der Waals surface area (Å²) < 4.78 is 36.1. The van der Waals surface area contributed by atoms with Crippen LogP contribution in [0.25, 0.3) is 0 Å². The molecule has 1 rings (SSSR count). The number of hydrogen-bond acceptors (Lipinski definition) is 4. The topological polar surface area (TPSA) is 63.4 Å². The molecule has 0 spiro atoms. The van der Waals surface area contributed by atoms with Crippen LogP contribution in [0.3, 0.4) is 0 Å². The highest BCUT2D eigenvalue weighted by Gasteiger charge is 2.11. The largest absolute Gasteiger partial charge is 0.371 e. The van der Waals surface area contributed by atoms with E-state index in [9.17, 15) is 12.8 Å². The maximum atomic E-state index is 13.9. The molecular formula is C13H21FN2O2S. The van der Waals surface area contributed by atoms with Gasteiger partial charge in [-0.15, -0.1) is 0 Å². The SMILES string of the molecule is CC(N)Cc1ccc(N(C)CCS(C)(=O)=O)c(F)c1. The number of hydrogen-bond donors (Lipinski definition) is 1. The number of rotatable bonds is 6. The van der Waals surface area contributed by atoms with Crippen molar-refractivity contribution in [3.8, 4) is 0 Å². The number of nitrogens with zero attached hydrogens (tertiary/aromatic N) is 1. The smallest absolute Gasteiger partial charge is 0.149 e. The fourth-order valence-electron chi connectivity index (χ4n) is 1.78. The fraction of sp³-hybridized carbons (Fsp3) is 0.538. The van der Waals surface area contributed by atoms with Crippen LogP contribution in [-0.2, 0) is 16.3 Å². The molecule has 0 heterocycles. The lowest BCUT2D eigenvalue weighted by molar-refractivity contribution is 0.598. The third-order valence-corrected chi connectivity index (χ3v) is 3.70. The van der Waals surface area contributed by atoms with E-state index in [2.05, 4.69) is 0 Å². The predicted octanol–water partition coefficient (Wildman–Crippen LogP) is 1.20. The molecule has 1 atom stereocenters. The molecule has 0 radical (unpaired) electrons. The van der Waals surface area contributed by atoms with E-state index in [0.717, 1.165) is 5.56 Å². The second-order valence-corrected chi connectivity index (χ2v) is 7.28. The monoisotopic (exact) mass is 288 g/mol. The van der Waals surface area contributed by atoms with Crippen LogP contribution in [0, 0.1) is 5.82 Å². The number of benzene rings is 1. The maximum absolute atomic E-state index is 13.9. The quantitative estimate of drug-likeness (QED) is 0.854. The van der Waals surface area contributed by atoms with E-state index in [4.69, 9.17) is 5.73 Å². The Bertz CT molecular complexity index is 529. The first-order chi connectivity index (χ1) is 8.69. The fourth-order valence-corrected chi connectivity index (χ4v) is 2.39. The summed E-state index contributed by atoms with van der Waals surface area (Å²) in [5.41, 5.74) is 6.91. The van der Waals surface area contributed by atoms with E-state index in [-0.39, 0.29) is 24.2 Å². The summed E-state index contributed by atoms with van der Waals surface area (Å²) in [6.07, 6.45) is 1.78. The number of sulfone groups is 1. The Morgan fingerprint density at radius 1 is 1.42 bits per heavy atom. The van der Waals surface area contributed by atoms with Gasteiger partial charge in [-0.1, -0.05) is 6.07 Å². The molecule has 1 aromatic rings. The molecule has 108 valence electrons. The van der Waals surface area contributed by atoms with Gasteiger partial charge >= 0.3 is 0 Å². The summed E-state index contributed by atoms with van der Waals surface area (Å²) in [7, 11) is -1.37. The van der Waals surface area contributed by atoms with Gasteiger partial charge in [-0.3, -0.25) is 0 Å². The summed E-state index contributed by atoms with van der Waals surface area (Å²) in [5.74, 6) is -0.348. The molecule has 0 amide bonds. The molecule has 0 fully saturated rings. The van der Waals surface area contributed by atoms with Crippen molar-refractivity contribution in [1.29, 1.82) is 0 Å². The van der Waals surface area contributed by atoms with Crippen molar-refractivity contribution < 1.29 is 12.8 Å². The summed E-state index contributed by atoms with van der Waals surface area (Å²) in [5, 5.41) is 0. The Morgan fingerprint density at radius 2 is 2.05 bits per heavy atom. The van der Waals surface area contributed by atoms with Crippen molar-refractivity contribution in [1.82, 2.24) is 0 Å². The van der Waals surface area contributed by atoms with Crippen molar-refractivity contribution in [2.45, 2.75) is 19.4 Å². The molecule has 19 heavy (non-hydrogen) atoms. The molecule has 0 aliphatic rings. The highest BCUT2D eigenvalue weighted by atomic mass is 32.2. The zero-order valence-electron chi connectivity index (χ0n) is 11.6. The van der Waals surface area contributed by atoms with E-state index < -0.39 is 9.84 Å². The number of halogens is 1. The average molecular weight is 288 g/mol. The highest BCUT2D eigenvalue weighted by Crippen LogP contribution is 2.20. The first-order valence-electron chi connectivity index (χ1n) is 6.12. The Labute approximate surface area is 114 Å². The Balaban J connectivity index is 2.78. The van der Waals surface area contributed by atoms with Gasteiger partial charge in [-0.25, -0.2) is 12.8 Å². The van der Waals surface area contributed by atoms with Gasteiger partial charge in [0.1, 0.15) is 15.7 Å². The standard InChI is InChI=1S/C13H21FN2O2S/c1-10(15)8-11-4-5-13(12(14)9-11)16(2)6-7-19(3,17)18/h4-5,9-10H,6-8,15H2,1-3H3. The molecule has 0 saturated carbocycles. The van der Waals surface area contributed by atoms with E-state index >= 15 is 0 Å². The lowest BCUT2D eigenvalue weighted by Crippen LogP contribution is -2.25. The minimum Gasteiger partial charge on any atom is -0.371 e. The Morgan fingerprint density at radius 3 is 2.53 bits per heavy atom. The van der Waals surface area contributed by atoms with Gasteiger partial charge in [0, 0.05) is 25.9 Å². The van der Waals surface area contributed by atoms with Crippen LogP contribution >= 0.6 is 0 Å². The second kappa shape index (κ2) is 6.34. The van der Waals surface area contributed by atoms with E-state index in [1.54, 1.807) is 18.0 Å². The highest BCUT2D eigenvalue weighted by molar-refractivity contribution is 7.90. The minimum atomic E-state index is -3.04. The number of anilines is 1. The molecule has 0 aromatic heterocycles. The summed E-state index contributed by atoms with van der Waals surface area (Å²) in [6.45, 7) is 2.13. The van der Waals surface area contributed by atoms with Crippen molar-refractivity contribution in [3.63, 3.8) is 0 Å². The van der Waals surface area contributed by atoms with Crippen molar-refractivity contribution in [2.75, 3.05) is 30.5 Å². The van der Waals surface area contributed by atoms with Gasteiger partial charge < -0.3 is 10.6 Å². The van der Waals surface area contributed by atoms with Crippen LogP contribution in [0.2, 0.25) is 0 Å². The normalized spacial score (nSPS) is 13.3. The lowest BCUT2D eigenvalue weighted by atomic mass is 10.1. The van der Waals surface area contributed by atoms with E-state index in [1.165, 1.54) is 12.3 Å². The van der Waals surface area contributed by atoms with Gasteiger partial charge in [-0.2, -0.15) is 0 Å². The van der Waals surface area contributed by atoms with Gasteiger partial charge in [0.05, 0.1) is 11.4 Å².